The van der Waals surface area contributed by atoms with Gasteiger partial charge in [0.15, 0.2) is 0 Å². The summed E-state index contributed by atoms with van der Waals surface area (Å²) in [6.07, 6.45) is 5.17. The number of aliphatic hydroxyl groups excluding tert-OH is 1. The molecule has 2 aromatic heterocycles. The molecule has 2 heterocycles. The third-order valence-electron chi connectivity index (χ3n) is 4.76. The van der Waals surface area contributed by atoms with Gasteiger partial charge in [0.25, 0.3) is 5.91 Å². The largest absolute Gasteiger partial charge is 0.393 e. The summed E-state index contributed by atoms with van der Waals surface area (Å²) in [5.74, 6) is 0.563. The van der Waals surface area contributed by atoms with Gasteiger partial charge in [-0.15, -0.1) is 0 Å². The molecule has 0 saturated heterocycles. The molecule has 0 spiro atoms. The smallest absolute Gasteiger partial charge is 0.272 e. The minimum absolute atomic E-state index is 0.187. The first-order valence-corrected chi connectivity index (χ1v) is 8.16. The average molecular weight is 312 g/mol. The molecule has 0 radical (unpaired) electrons. The van der Waals surface area contributed by atoms with Crippen LogP contribution in [-0.2, 0) is 0 Å². The van der Waals surface area contributed by atoms with Crippen LogP contribution in [0.1, 0.15) is 59.5 Å². The van der Waals surface area contributed by atoms with Crippen LogP contribution in [0.5, 0.6) is 0 Å². The summed E-state index contributed by atoms with van der Waals surface area (Å²) in [6.45, 7) is 0. The Morgan fingerprint density at radius 2 is 2.17 bits per heavy atom. The summed E-state index contributed by atoms with van der Waals surface area (Å²) >= 11 is 0. The molecule has 2 saturated carbocycles. The van der Waals surface area contributed by atoms with Gasteiger partial charge in [-0.1, -0.05) is 6.07 Å². The molecule has 1 amide bonds. The number of nitrogens with one attached hydrogen (secondary N) is 2. The maximum atomic E-state index is 12.5. The lowest BCUT2D eigenvalue weighted by atomic mass is 9.76. The number of hydrogen-bond donors (Lipinski definition) is 3. The van der Waals surface area contributed by atoms with E-state index >= 15 is 0 Å². The third-order valence-corrected chi connectivity index (χ3v) is 4.76. The zero-order valence-electron chi connectivity index (χ0n) is 12.8. The van der Waals surface area contributed by atoms with Crippen molar-refractivity contribution in [2.45, 2.75) is 43.7 Å². The van der Waals surface area contributed by atoms with Crippen LogP contribution in [0, 0.1) is 5.92 Å². The Balaban J connectivity index is 1.51. The second kappa shape index (κ2) is 5.77. The molecule has 3 N–H and O–H groups in total. The van der Waals surface area contributed by atoms with E-state index in [2.05, 4.69) is 20.5 Å². The third kappa shape index (κ3) is 2.99. The molecule has 120 valence electrons. The number of rotatable bonds is 5. The van der Waals surface area contributed by atoms with Crippen molar-refractivity contribution in [3.63, 3.8) is 0 Å². The van der Waals surface area contributed by atoms with E-state index < -0.39 is 0 Å². The van der Waals surface area contributed by atoms with Crippen LogP contribution in [0.25, 0.3) is 0 Å². The highest BCUT2D eigenvalue weighted by Gasteiger charge is 2.37. The first-order chi connectivity index (χ1) is 11.2. The summed E-state index contributed by atoms with van der Waals surface area (Å²) in [5, 5.41) is 19.7. The van der Waals surface area contributed by atoms with Gasteiger partial charge in [-0.3, -0.25) is 14.9 Å². The molecular weight excluding hydrogens is 292 g/mol. The topological polar surface area (TPSA) is 90.9 Å². The minimum atomic E-state index is -0.269. The Morgan fingerprint density at radius 3 is 2.83 bits per heavy atom. The fraction of sp³-hybridized carbons (Fsp3) is 0.471. The van der Waals surface area contributed by atoms with Crippen molar-refractivity contribution in [3.8, 4) is 0 Å². The van der Waals surface area contributed by atoms with Crippen LogP contribution in [0.2, 0.25) is 0 Å². The normalized spacial score (nSPS) is 24.7. The van der Waals surface area contributed by atoms with Gasteiger partial charge < -0.3 is 10.4 Å². The fourth-order valence-electron chi connectivity index (χ4n) is 3.17. The van der Waals surface area contributed by atoms with Crippen molar-refractivity contribution in [1.29, 1.82) is 0 Å². The van der Waals surface area contributed by atoms with Crippen LogP contribution < -0.4 is 5.32 Å². The minimum Gasteiger partial charge on any atom is -0.393 e. The number of aliphatic hydroxyl groups is 1. The van der Waals surface area contributed by atoms with Crippen molar-refractivity contribution in [3.05, 3.63) is 47.5 Å². The molecule has 1 atom stereocenters. The molecule has 2 aliphatic carbocycles. The van der Waals surface area contributed by atoms with Crippen LogP contribution >= 0.6 is 0 Å². The van der Waals surface area contributed by atoms with Crippen LogP contribution in [0.4, 0.5) is 0 Å². The first kappa shape index (κ1) is 14.4. The van der Waals surface area contributed by atoms with Gasteiger partial charge in [0.1, 0.15) is 5.69 Å². The molecule has 0 aromatic carbocycles. The Bertz CT molecular complexity index is 690. The molecule has 0 bridgehead atoms. The van der Waals surface area contributed by atoms with E-state index in [1.54, 1.807) is 6.20 Å². The number of carbonyl (C=O) groups is 1. The Labute approximate surface area is 134 Å². The van der Waals surface area contributed by atoms with E-state index in [4.69, 9.17) is 0 Å². The molecule has 6 heteroatoms. The van der Waals surface area contributed by atoms with E-state index in [0.717, 1.165) is 11.4 Å². The number of nitrogens with zero attached hydrogens (tertiary/aromatic N) is 2. The summed E-state index contributed by atoms with van der Waals surface area (Å²) in [7, 11) is 0. The molecule has 6 nitrogen and oxygen atoms in total. The maximum absolute atomic E-state index is 12.5. The van der Waals surface area contributed by atoms with E-state index in [1.165, 1.54) is 12.8 Å². The highest BCUT2D eigenvalue weighted by atomic mass is 16.3. The van der Waals surface area contributed by atoms with Gasteiger partial charge >= 0.3 is 0 Å². The van der Waals surface area contributed by atoms with Gasteiger partial charge in [-0.05, 0) is 49.8 Å². The second-order valence-electron chi connectivity index (χ2n) is 6.57. The van der Waals surface area contributed by atoms with Crippen LogP contribution in [0.3, 0.4) is 0 Å². The Hall–Kier alpha value is -2.21. The summed E-state index contributed by atoms with van der Waals surface area (Å²) in [4.78, 5) is 16.9. The molecule has 1 unspecified atom stereocenters. The quantitative estimate of drug-likeness (QED) is 0.786. The molecule has 2 aromatic rings. The number of aromatic nitrogens is 3. The van der Waals surface area contributed by atoms with Gasteiger partial charge in [0, 0.05) is 17.8 Å². The summed E-state index contributed by atoms with van der Waals surface area (Å²) in [5.41, 5.74) is 2.30. The Morgan fingerprint density at radius 1 is 1.35 bits per heavy atom. The predicted octanol–water partition coefficient (Wildman–Crippen LogP) is 1.92. The molecular formula is C17H20N4O2. The second-order valence-corrected chi connectivity index (χ2v) is 6.57. The summed E-state index contributed by atoms with van der Waals surface area (Å²) < 4.78 is 0. The molecule has 4 rings (SSSR count). The SMILES string of the molecule is O=C(NC(c1ccccn1)C1CC(O)C1)c1cc(C2CC2)[nH]n1. The monoisotopic (exact) mass is 312 g/mol. The highest BCUT2D eigenvalue weighted by molar-refractivity contribution is 5.92. The fourth-order valence-corrected chi connectivity index (χ4v) is 3.17. The number of aromatic amines is 1. The van der Waals surface area contributed by atoms with Crippen molar-refractivity contribution in [2.75, 3.05) is 0 Å². The van der Waals surface area contributed by atoms with Crippen molar-refractivity contribution in [2.24, 2.45) is 5.92 Å². The Kier molecular flexibility index (Phi) is 3.61. The average Bonchev–Trinajstić information content (AvgIpc) is 3.27. The van der Waals surface area contributed by atoms with Crippen LogP contribution in [-0.4, -0.2) is 32.3 Å². The standard InChI is InChI=1S/C17H20N4O2/c22-12-7-11(8-12)16(13-3-1-2-6-18-13)19-17(23)15-9-14(20-21-15)10-4-5-10/h1-3,6,9-12,16,22H,4-5,7-8H2,(H,19,23)(H,20,21). The van der Waals surface area contributed by atoms with E-state index in [9.17, 15) is 9.90 Å². The predicted molar refractivity (Wildman–Crippen MR) is 83.7 cm³/mol. The van der Waals surface area contributed by atoms with E-state index in [-0.39, 0.29) is 24.0 Å². The lowest BCUT2D eigenvalue weighted by Gasteiger charge is -2.37. The first-order valence-electron chi connectivity index (χ1n) is 8.16. The zero-order valence-corrected chi connectivity index (χ0v) is 12.8. The van der Waals surface area contributed by atoms with E-state index in [1.807, 2.05) is 24.3 Å². The van der Waals surface area contributed by atoms with Gasteiger partial charge in [0.2, 0.25) is 0 Å². The van der Waals surface area contributed by atoms with E-state index in [0.29, 0.717) is 24.5 Å². The van der Waals surface area contributed by atoms with Gasteiger partial charge in [-0.25, -0.2) is 0 Å². The number of H-pyrrole nitrogens is 1. The zero-order chi connectivity index (χ0) is 15.8. The lowest BCUT2D eigenvalue weighted by Crippen LogP contribution is -2.41. The molecule has 2 aliphatic rings. The number of hydrogen-bond acceptors (Lipinski definition) is 4. The summed E-state index contributed by atoms with van der Waals surface area (Å²) in [6, 6.07) is 7.34. The highest BCUT2D eigenvalue weighted by Crippen LogP contribution is 2.39. The maximum Gasteiger partial charge on any atom is 0.272 e. The molecule has 0 aliphatic heterocycles. The van der Waals surface area contributed by atoms with Crippen LogP contribution in [0.15, 0.2) is 30.5 Å². The number of carbonyl (C=O) groups excluding carboxylic acids is 1. The lowest BCUT2D eigenvalue weighted by molar-refractivity contribution is 0.0227. The van der Waals surface area contributed by atoms with Gasteiger partial charge in [0.05, 0.1) is 17.8 Å². The van der Waals surface area contributed by atoms with Gasteiger partial charge in [-0.2, -0.15) is 5.10 Å². The van der Waals surface area contributed by atoms with Crippen molar-refractivity contribution in [1.82, 2.24) is 20.5 Å². The molecule has 23 heavy (non-hydrogen) atoms. The van der Waals surface area contributed by atoms with Crippen molar-refractivity contribution >= 4 is 5.91 Å². The molecule has 2 fully saturated rings. The van der Waals surface area contributed by atoms with Crippen molar-refractivity contribution < 1.29 is 9.90 Å². The number of amides is 1. The number of pyridine rings is 1.